The van der Waals surface area contributed by atoms with Gasteiger partial charge in [-0.3, -0.25) is 0 Å². The Morgan fingerprint density at radius 2 is 0.357 bits per heavy atom. The third kappa shape index (κ3) is 678. The zero-order valence-corrected chi connectivity index (χ0v) is 10.8. The first kappa shape index (κ1) is 1040. The van der Waals surface area contributed by atoms with Crippen LogP contribution < -0.4 is 0 Å². The van der Waals surface area contributed by atoms with E-state index in [9.17, 15) is 0 Å². The van der Waals surface area contributed by atoms with Gasteiger partial charge in [0.15, 0.2) is 0 Å². The molecule has 0 heterocycles. The largest absolute Gasteiger partial charge is 4.00 e. The van der Waals surface area contributed by atoms with Gasteiger partial charge in [0.1, 0.15) is 0 Å². The maximum absolute atomic E-state index is 0. The Hall–Kier alpha value is 1.83. The molecule has 0 aromatic carbocycles. The normalized spacial score (nSPS) is 0. The number of hydrogen-bond acceptors (Lipinski definition) is 10. The maximum Gasteiger partial charge on any atom is 4.00 e. The molecule has 0 aromatic rings. The van der Waals surface area contributed by atoms with Gasteiger partial charge in [0, 0.05) is 0 Å². The van der Waals surface area contributed by atoms with Crippen LogP contribution >= 0.6 is 0 Å². The van der Waals surface area contributed by atoms with Crippen LogP contribution in [0.5, 0.6) is 0 Å². The van der Waals surface area contributed by atoms with Gasteiger partial charge in [-0.15, -0.1) is 0 Å². The zero-order chi connectivity index (χ0) is 0. The van der Waals surface area contributed by atoms with Crippen LogP contribution in [0.15, 0.2) is 0 Å². The van der Waals surface area contributed by atoms with Crippen molar-refractivity contribution in [3.8, 4) is 0 Å². The molecule has 0 unspecified atom stereocenters. The van der Waals surface area contributed by atoms with E-state index in [0.717, 1.165) is 0 Å². The van der Waals surface area contributed by atoms with Gasteiger partial charge in [-0.1, -0.05) is 0 Å². The molecule has 10 N–H and O–H groups in total. The summed E-state index contributed by atoms with van der Waals surface area (Å²) >= 11 is 0. The van der Waals surface area contributed by atoms with Gasteiger partial charge in [0.2, 0.25) is 0 Å². The van der Waals surface area contributed by atoms with Crippen molar-refractivity contribution in [2.45, 2.75) is 0 Å². The van der Waals surface area contributed by atoms with Gasteiger partial charge in [-0.2, -0.15) is 0 Å². The second-order valence-electron chi connectivity index (χ2n) is 0. The zero-order valence-electron chi connectivity index (χ0n) is 6.00. The van der Waals surface area contributed by atoms with E-state index in [2.05, 4.69) is 0 Å². The molecule has 100 valence electrons. The van der Waals surface area contributed by atoms with Gasteiger partial charge < -0.3 is 54.8 Å². The third-order valence-corrected chi connectivity index (χ3v) is 0. The second kappa shape index (κ2) is 844. The molecule has 0 aliphatic heterocycles. The second-order valence-corrected chi connectivity index (χ2v) is 0. The van der Waals surface area contributed by atoms with Crippen molar-refractivity contribution < 1.29 is 127 Å². The summed E-state index contributed by atoms with van der Waals surface area (Å²) < 4.78 is 0. The van der Waals surface area contributed by atoms with E-state index in [1.165, 1.54) is 0 Å². The van der Waals surface area contributed by atoms with Crippen LogP contribution in [0.25, 0.3) is 0 Å². The van der Waals surface area contributed by atoms with Crippen LogP contribution in [0, 0.1) is 0 Å². The van der Waals surface area contributed by atoms with Crippen molar-refractivity contribution in [2.75, 3.05) is 0 Å². The van der Waals surface area contributed by atoms with Crippen LogP contribution in [-0.2, 0) is 72.1 Å². The molecule has 0 saturated carbocycles. The Balaban J connectivity index is 0. The molecule has 2 radical (unpaired) electrons. The molecule has 14 heavy (non-hydrogen) atoms. The molecule has 0 amide bonds. The van der Waals surface area contributed by atoms with E-state index in [1.807, 2.05) is 0 Å². The summed E-state index contributed by atoms with van der Waals surface area (Å²) in [5.74, 6) is 0. The van der Waals surface area contributed by atoms with Crippen LogP contribution in [0.3, 0.4) is 0 Å². The van der Waals surface area contributed by atoms with Crippen LogP contribution in [-0.4, -0.2) is 54.8 Å². The van der Waals surface area contributed by atoms with E-state index in [-0.39, 0.29) is 127 Å². The maximum atomic E-state index is 0. The monoisotopic (exact) mass is 390 g/mol. The first-order valence-electron chi connectivity index (χ1n) is 0. The number of hydrogen-bond donors (Lipinski definition) is 0. The fraction of sp³-hybridized carbons (Fsp3) is 0. The Morgan fingerprint density at radius 1 is 0.357 bits per heavy atom. The average Bonchev–Trinajstić information content (AvgIpc) is 0. The predicted octanol–water partition coefficient (Wildman–Crippen LogP) is -1.78. The topological polar surface area (TPSA) is 300 Å². The van der Waals surface area contributed by atoms with E-state index >= 15 is 0 Å². The molecule has 0 aromatic heterocycles. The minimum Gasteiger partial charge on any atom is -0.870 e. The molecule has 0 bridgehead atoms. The van der Waals surface area contributed by atoms with Gasteiger partial charge >= 0.3 is 72.1 Å². The molecule has 0 rings (SSSR count). The molecular formula is H10CoMnNiO10Ti. The molecule has 14 heteroatoms. The Bertz CT molecular complexity index is 20.1. The Labute approximate surface area is 126 Å². The van der Waals surface area contributed by atoms with Crippen LogP contribution in [0.2, 0.25) is 0 Å². The molecule has 0 saturated heterocycles. The van der Waals surface area contributed by atoms with Gasteiger partial charge in [-0.05, 0) is 0 Å². The summed E-state index contributed by atoms with van der Waals surface area (Å²) in [5, 5.41) is 0. The van der Waals surface area contributed by atoms with E-state index in [0.29, 0.717) is 0 Å². The molecule has 0 fully saturated rings. The molecule has 0 atom stereocenters. The first-order chi connectivity index (χ1) is 0. The summed E-state index contributed by atoms with van der Waals surface area (Å²) in [5.41, 5.74) is 0. The molecule has 0 aliphatic carbocycles. The summed E-state index contributed by atoms with van der Waals surface area (Å²) in [6.07, 6.45) is 0. The van der Waals surface area contributed by atoms with Crippen molar-refractivity contribution >= 4 is 0 Å². The van der Waals surface area contributed by atoms with E-state index in [4.69, 9.17) is 0 Å². The molecule has 10 nitrogen and oxygen atoms in total. The number of rotatable bonds is 0. The molecule has 0 aliphatic rings. The van der Waals surface area contributed by atoms with Crippen molar-refractivity contribution in [1.29, 1.82) is 0 Å². The van der Waals surface area contributed by atoms with Crippen molar-refractivity contribution in [3.63, 3.8) is 0 Å². The van der Waals surface area contributed by atoms with Gasteiger partial charge in [0.25, 0.3) is 0 Å². The fourth-order valence-corrected chi connectivity index (χ4v) is 0. The van der Waals surface area contributed by atoms with Crippen molar-refractivity contribution in [1.82, 2.24) is 0 Å². The summed E-state index contributed by atoms with van der Waals surface area (Å²) in [4.78, 5) is 0. The molecular weight excluding hydrogens is 380 g/mol. The van der Waals surface area contributed by atoms with Crippen molar-refractivity contribution in [2.24, 2.45) is 0 Å². The Morgan fingerprint density at radius 3 is 0.357 bits per heavy atom. The van der Waals surface area contributed by atoms with E-state index in [1.54, 1.807) is 0 Å². The van der Waals surface area contributed by atoms with Crippen molar-refractivity contribution in [3.05, 3.63) is 0 Å². The van der Waals surface area contributed by atoms with Gasteiger partial charge in [-0.25, -0.2) is 0 Å². The minimum absolute atomic E-state index is 0. The SMILES string of the molecule is [Co+2].[Mn+2].[Ni+2].[OH-].[OH-].[OH-].[OH-].[OH-].[OH-].[OH-].[OH-].[OH-].[OH-].[Ti+4]. The van der Waals surface area contributed by atoms with Gasteiger partial charge in [0.05, 0.1) is 0 Å². The van der Waals surface area contributed by atoms with E-state index < -0.39 is 0 Å². The van der Waals surface area contributed by atoms with Crippen LogP contribution in [0.1, 0.15) is 0 Å². The Kier molecular flexibility index (Phi) is 62500. The summed E-state index contributed by atoms with van der Waals surface area (Å²) in [6.45, 7) is 0. The minimum atomic E-state index is 0. The fourth-order valence-electron chi connectivity index (χ4n) is 0. The quantitative estimate of drug-likeness (QED) is 0.418. The van der Waals surface area contributed by atoms with Crippen LogP contribution in [0.4, 0.5) is 0 Å². The standard InChI is InChI=1S/Co.Mn.Ni.10H2O.Ti/h;;;10*1H2;/q3*+2;;;;;;;;;;;+4/p-10. The average molecular weight is 391 g/mol. The smallest absolute Gasteiger partial charge is 0.870 e. The molecule has 0 spiro atoms. The third-order valence-electron chi connectivity index (χ3n) is 0. The summed E-state index contributed by atoms with van der Waals surface area (Å²) in [6, 6.07) is 0. The predicted molar refractivity (Wildman–Crippen MR) is 19.4 cm³/mol. The first-order valence-corrected chi connectivity index (χ1v) is 0. The summed E-state index contributed by atoms with van der Waals surface area (Å²) in [7, 11) is 0.